The smallest absolute Gasteiger partial charge is 0.312 e. The largest absolute Gasteiger partial charge is 0.331 e. The number of nitrogens with zero attached hydrogens (tertiary/aromatic N) is 4. The minimum Gasteiger partial charge on any atom is -0.331 e. The lowest BCUT2D eigenvalue weighted by Crippen LogP contribution is -2.33. The minimum absolute atomic E-state index is 0.0166. The average molecular weight is 390 g/mol. The van der Waals surface area contributed by atoms with Crippen LogP contribution in [0.1, 0.15) is 21.1 Å². The lowest BCUT2D eigenvalue weighted by atomic mass is 10.3. The van der Waals surface area contributed by atoms with Crippen molar-refractivity contribution in [3.05, 3.63) is 66.3 Å². The maximum Gasteiger partial charge on any atom is 0.312 e. The predicted molar refractivity (Wildman–Crippen MR) is 101 cm³/mol. The van der Waals surface area contributed by atoms with Gasteiger partial charge in [-0.05, 0) is 36.7 Å². The summed E-state index contributed by atoms with van der Waals surface area (Å²) in [4.78, 5) is 27.6. The molecular weight excluding hydrogens is 372 g/mol. The lowest BCUT2D eigenvalue weighted by molar-refractivity contribution is -0.386. The third kappa shape index (κ3) is 4.00. The van der Waals surface area contributed by atoms with Gasteiger partial charge in [0.05, 0.1) is 18.0 Å². The average Bonchev–Trinajstić information content (AvgIpc) is 3.30. The highest BCUT2D eigenvalue weighted by atomic mass is 32.1. The van der Waals surface area contributed by atoms with Crippen molar-refractivity contribution in [3.63, 3.8) is 0 Å². The molecule has 0 N–H and O–H groups in total. The summed E-state index contributed by atoms with van der Waals surface area (Å²) in [7, 11) is 0. The Hall–Kier alpha value is -2.52. The van der Waals surface area contributed by atoms with Crippen molar-refractivity contribution in [2.45, 2.75) is 33.5 Å². The third-order valence-corrected chi connectivity index (χ3v) is 5.74. The van der Waals surface area contributed by atoms with Crippen LogP contribution in [0.4, 0.5) is 5.69 Å². The van der Waals surface area contributed by atoms with Crippen molar-refractivity contribution in [1.82, 2.24) is 14.7 Å². The van der Waals surface area contributed by atoms with Gasteiger partial charge >= 0.3 is 5.69 Å². The fraction of sp³-hybridized carbons (Fsp3) is 0.294. The Morgan fingerprint density at radius 3 is 2.19 bits per heavy atom. The summed E-state index contributed by atoms with van der Waals surface area (Å²) in [5.41, 5.74) is 0.692. The first-order valence-electron chi connectivity index (χ1n) is 7.96. The van der Waals surface area contributed by atoms with Gasteiger partial charge in [-0.3, -0.25) is 19.6 Å². The van der Waals surface area contributed by atoms with Crippen LogP contribution < -0.4 is 0 Å². The van der Waals surface area contributed by atoms with Gasteiger partial charge in [0.1, 0.15) is 17.9 Å². The highest BCUT2D eigenvalue weighted by Gasteiger charge is 2.24. The first kappa shape index (κ1) is 18.3. The van der Waals surface area contributed by atoms with E-state index in [2.05, 4.69) is 5.10 Å². The summed E-state index contributed by atoms with van der Waals surface area (Å²) >= 11 is 3.20. The molecule has 0 atom stereocenters. The molecule has 0 fully saturated rings. The molecule has 7 nitrogen and oxygen atoms in total. The number of thiophene rings is 2. The van der Waals surface area contributed by atoms with Crippen LogP contribution in [0, 0.1) is 24.0 Å². The van der Waals surface area contributed by atoms with Crippen molar-refractivity contribution in [1.29, 1.82) is 0 Å². The highest BCUT2D eigenvalue weighted by molar-refractivity contribution is 7.10. The molecule has 3 rings (SSSR count). The molecule has 9 heteroatoms. The van der Waals surface area contributed by atoms with Crippen LogP contribution in [0.15, 0.2) is 35.0 Å². The van der Waals surface area contributed by atoms with Crippen LogP contribution in [0.3, 0.4) is 0 Å². The molecule has 0 aliphatic carbocycles. The molecule has 0 aliphatic heterocycles. The van der Waals surface area contributed by atoms with E-state index in [1.165, 1.54) is 4.68 Å². The van der Waals surface area contributed by atoms with Gasteiger partial charge < -0.3 is 4.90 Å². The van der Waals surface area contributed by atoms with Crippen LogP contribution in [0.2, 0.25) is 0 Å². The number of amides is 1. The molecule has 3 heterocycles. The normalized spacial score (nSPS) is 10.8. The van der Waals surface area contributed by atoms with Crippen molar-refractivity contribution in [2.75, 3.05) is 0 Å². The van der Waals surface area contributed by atoms with E-state index in [1.54, 1.807) is 41.4 Å². The highest BCUT2D eigenvalue weighted by Crippen LogP contribution is 2.23. The molecule has 0 unspecified atom stereocenters. The van der Waals surface area contributed by atoms with Gasteiger partial charge in [0.2, 0.25) is 5.91 Å². The van der Waals surface area contributed by atoms with Crippen molar-refractivity contribution < 1.29 is 9.72 Å². The summed E-state index contributed by atoms with van der Waals surface area (Å²) in [6.07, 6.45) is 0. The molecule has 0 saturated carbocycles. The van der Waals surface area contributed by atoms with Crippen LogP contribution in [0.5, 0.6) is 0 Å². The van der Waals surface area contributed by atoms with E-state index < -0.39 is 4.92 Å². The number of aryl methyl sites for hydroxylation is 1. The topological polar surface area (TPSA) is 81.3 Å². The third-order valence-electron chi connectivity index (χ3n) is 4.02. The molecule has 26 heavy (non-hydrogen) atoms. The molecule has 1 amide bonds. The first-order chi connectivity index (χ1) is 12.5. The van der Waals surface area contributed by atoms with Crippen molar-refractivity contribution in [3.8, 4) is 0 Å². The molecule has 0 saturated heterocycles. The van der Waals surface area contributed by atoms with Gasteiger partial charge in [0.25, 0.3) is 0 Å². The van der Waals surface area contributed by atoms with Crippen LogP contribution in [-0.4, -0.2) is 25.5 Å². The number of rotatable bonds is 7. The maximum absolute atomic E-state index is 12.9. The van der Waals surface area contributed by atoms with Crippen LogP contribution in [-0.2, 0) is 24.4 Å². The molecule has 0 radical (unpaired) electrons. The summed E-state index contributed by atoms with van der Waals surface area (Å²) < 4.78 is 1.42. The Morgan fingerprint density at radius 2 is 1.77 bits per heavy atom. The number of carbonyl (C=O) groups is 1. The molecule has 0 bridgehead atoms. The first-order valence-corrected chi connectivity index (χ1v) is 9.72. The van der Waals surface area contributed by atoms with E-state index in [0.29, 0.717) is 24.5 Å². The molecule has 136 valence electrons. The zero-order valence-electron chi connectivity index (χ0n) is 14.4. The zero-order chi connectivity index (χ0) is 18.7. The second-order valence-corrected chi connectivity index (χ2v) is 7.91. The van der Waals surface area contributed by atoms with Crippen LogP contribution >= 0.6 is 22.7 Å². The maximum atomic E-state index is 12.9. The second-order valence-electron chi connectivity index (χ2n) is 5.84. The zero-order valence-corrected chi connectivity index (χ0v) is 16.0. The molecule has 0 aromatic carbocycles. The van der Waals surface area contributed by atoms with Crippen molar-refractivity contribution >= 4 is 34.3 Å². The Bertz CT molecular complexity index is 865. The quantitative estimate of drug-likeness (QED) is 0.454. The van der Waals surface area contributed by atoms with Crippen molar-refractivity contribution in [2.24, 2.45) is 0 Å². The molecule has 0 aliphatic rings. The number of hydrogen-bond donors (Lipinski definition) is 0. The fourth-order valence-electron chi connectivity index (χ4n) is 2.75. The Kier molecular flexibility index (Phi) is 5.48. The number of aromatic nitrogens is 2. The molecule has 3 aromatic rings. The molecule has 0 spiro atoms. The summed E-state index contributed by atoms with van der Waals surface area (Å²) in [6, 6.07) is 7.90. The van der Waals surface area contributed by atoms with Gasteiger partial charge in [0, 0.05) is 9.75 Å². The van der Waals surface area contributed by atoms with E-state index in [0.717, 1.165) is 9.75 Å². The minimum atomic E-state index is -0.451. The van der Waals surface area contributed by atoms with Gasteiger partial charge in [0.15, 0.2) is 0 Å². The van der Waals surface area contributed by atoms with Gasteiger partial charge in [-0.1, -0.05) is 12.1 Å². The number of carbonyl (C=O) groups excluding carboxylic acids is 1. The van der Waals surface area contributed by atoms with E-state index in [9.17, 15) is 14.9 Å². The summed E-state index contributed by atoms with van der Waals surface area (Å²) in [5, 5.41) is 19.3. The SMILES string of the molecule is Cc1nn(CC(=O)N(Cc2cccs2)Cc2cccs2)c(C)c1[N+](=O)[O-]. The number of nitro groups is 1. The summed E-state index contributed by atoms with van der Waals surface area (Å²) in [5.74, 6) is -0.118. The Labute approximate surface area is 158 Å². The van der Waals surface area contributed by atoms with E-state index in [1.807, 2.05) is 35.0 Å². The van der Waals surface area contributed by atoms with Gasteiger partial charge in [-0.2, -0.15) is 5.10 Å². The lowest BCUT2D eigenvalue weighted by Gasteiger charge is -2.22. The Morgan fingerprint density at radius 1 is 1.19 bits per heavy atom. The molecular formula is C17H18N4O3S2. The van der Waals surface area contributed by atoms with E-state index >= 15 is 0 Å². The Balaban J connectivity index is 1.81. The van der Waals surface area contributed by atoms with E-state index in [-0.39, 0.29) is 18.1 Å². The van der Waals surface area contributed by atoms with E-state index in [4.69, 9.17) is 0 Å². The second kappa shape index (κ2) is 7.79. The standard InChI is InChI=1S/C17H18N4O3S2/c1-12-17(21(23)24)13(2)20(18-12)11-16(22)19(9-14-5-3-7-25-14)10-15-6-4-8-26-15/h3-8H,9-11H2,1-2H3. The number of hydrogen-bond acceptors (Lipinski definition) is 6. The van der Waals surface area contributed by atoms with Gasteiger partial charge in [-0.25, -0.2) is 0 Å². The summed E-state index contributed by atoms with van der Waals surface area (Å²) in [6.45, 7) is 4.21. The monoisotopic (exact) mass is 390 g/mol. The predicted octanol–water partition coefficient (Wildman–Crippen LogP) is 3.76. The fourth-order valence-corrected chi connectivity index (χ4v) is 4.19. The van der Waals surface area contributed by atoms with Crippen LogP contribution in [0.25, 0.3) is 0 Å². The molecule has 3 aromatic heterocycles. The van der Waals surface area contributed by atoms with Gasteiger partial charge in [-0.15, -0.1) is 22.7 Å².